The molecule has 1 heterocycles. The van der Waals surface area contributed by atoms with Crippen molar-refractivity contribution in [3.05, 3.63) is 0 Å². The van der Waals surface area contributed by atoms with Crippen LogP contribution in [0.5, 0.6) is 0 Å². The molecule has 0 aromatic heterocycles. The van der Waals surface area contributed by atoms with Crippen LogP contribution in [0, 0.1) is 11.3 Å². The van der Waals surface area contributed by atoms with Gasteiger partial charge in [-0.25, -0.2) is 0 Å². The summed E-state index contributed by atoms with van der Waals surface area (Å²) in [5, 5.41) is 0. The van der Waals surface area contributed by atoms with Gasteiger partial charge in [0.1, 0.15) is 0 Å². The standard InChI is InChI=1S/C11H18O3/c1-10(2)6-11(7-14-11)5-4-8(10)9(12)13-3/h8H,4-7H2,1-3H3/t8-,11-/m1/s1. The highest BCUT2D eigenvalue weighted by Gasteiger charge is 2.55. The molecule has 2 rings (SSSR count). The molecule has 0 radical (unpaired) electrons. The Kier molecular flexibility index (Phi) is 2.11. The molecule has 2 atom stereocenters. The summed E-state index contributed by atoms with van der Waals surface area (Å²) >= 11 is 0. The van der Waals surface area contributed by atoms with Crippen LogP contribution in [0.15, 0.2) is 0 Å². The molecule has 14 heavy (non-hydrogen) atoms. The highest BCUT2D eigenvalue weighted by atomic mass is 16.6. The van der Waals surface area contributed by atoms with E-state index in [1.807, 2.05) is 0 Å². The molecule has 2 fully saturated rings. The highest BCUT2D eigenvalue weighted by molar-refractivity contribution is 5.73. The number of epoxide rings is 1. The van der Waals surface area contributed by atoms with Gasteiger partial charge in [0.15, 0.2) is 0 Å². The summed E-state index contributed by atoms with van der Waals surface area (Å²) in [6.07, 6.45) is 2.90. The maximum absolute atomic E-state index is 11.6. The van der Waals surface area contributed by atoms with Crippen LogP contribution in [-0.4, -0.2) is 25.3 Å². The van der Waals surface area contributed by atoms with Gasteiger partial charge in [-0.05, 0) is 24.7 Å². The molecule has 0 unspecified atom stereocenters. The molecule has 1 aliphatic heterocycles. The maximum Gasteiger partial charge on any atom is 0.309 e. The summed E-state index contributed by atoms with van der Waals surface area (Å²) in [6.45, 7) is 5.15. The Morgan fingerprint density at radius 2 is 2.14 bits per heavy atom. The second-order valence-electron chi connectivity index (χ2n) is 5.25. The topological polar surface area (TPSA) is 38.8 Å². The Hall–Kier alpha value is -0.570. The molecule has 1 saturated heterocycles. The van der Waals surface area contributed by atoms with Crippen LogP contribution in [0.1, 0.15) is 33.1 Å². The number of methoxy groups -OCH3 is 1. The largest absolute Gasteiger partial charge is 0.469 e. The number of ether oxygens (including phenoxy) is 2. The van der Waals surface area contributed by atoms with E-state index >= 15 is 0 Å². The van der Waals surface area contributed by atoms with Crippen LogP contribution in [0.4, 0.5) is 0 Å². The van der Waals surface area contributed by atoms with Gasteiger partial charge in [-0.1, -0.05) is 13.8 Å². The van der Waals surface area contributed by atoms with Gasteiger partial charge in [0.25, 0.3) is 0 Å². The second kappa shape index (κ2) is 2.96. The van der Waals surface area contributed by atoms with Crippen molar-refractivity contribution in [1.29, 1.82) is 0 Å². The van der Waals surface area contributed by atoms with E-state index in [-0.39, 0.29) is 22.9 Å². The lowest BCUT2D eigenvalue weighted by molar-refractivity contribution is -0.152. The smallest absolute Gasteiger partial charge is 0.309 e. The third kappa shape index (κ3) is 1.54. The van der Waals surface area contributed by atoms with Gasteiger partial charge in [-0.3, -0.25) is 4.79 Å². The average Bonchev–Trinajstić information content (AvgIpc) is 2.82. The summed E-state index contributed by atoms with van der Waals surface area (Å²) in [5.41, 5.74) is 0.135. The first-order chi connectivity index (χ1) is 6.49. The first kappa shape index (κ1) is 9.97. The molecule has 1 aliphatic carbocycles. The molecule has 0 aromatic carbocycles. The van der Waals surface area contributed by atoms with Crippen molar-refractivity contribution in [1.82, 2.24) is 0 Å². The van der Waals surface area contributed by atoms with Gasteiger partial charge in [-0.2, -0.15) is 0 Å². The number of esters is 1. The first-order valence-corrected chi connectivity index (χ1v) is 5.21. The Morgan fingerprint density at radius 1 is 1.50 bits per heavy atom. The van der Waals surface area contributed by atoms with Crippen LogP contribution in [0.2, 0.25) is 0 Å². The average molecular weight is 198 g/mol. The fourth-order valence-electron chi connectivity index (χ4n) is 2.77. The Bertz CT molecular complexity index is 253. The van der Waals surface area contributed by atoms with Crippen LogP contribution in [0.3, 0.4) is 0 Å². The quantitative estimate of drug-likeness (QED) is 0.476. The van der Waals surface area contributed by atoms with Crippen LogP contribution in [0.25, 0.3) is 0 Å². The highest BCUT2D eigenvalue weighted by Crippen LogP contribution is 2.52. The van der Waals surface area contributed by atoms with E-state index in [1.165, 1.54) is 7.11 Å². The molecule has 3 heteroatoms. The maximum atomic E-state index is 11.6. The van der Waals surface area contributed by atoms with Gasteiger partial charge in [-0.15, -0.1) is 0 Å². The van der Waals surface area contributed by atoms with Gasteiger partial charge < -0.3 is 9.47 Å². The van der Waals surface area contributed by atoms with Gasteiger partial charge in [0.2, 0.25) is 0 Å². The zero-order valence-corrected chi connectivity index (χ0v) is 9.13. The summed E-state index contributed by atoms with van der Waals surface area (Å²) in [6, 6.07) is 0. The van der Waals surface area contributed by atoms with Gasteiger partial charge in [0.05, 0.1) is 25.2 Å². The van der Waals surface area contributed by atoms with Crippen LogP contribution in [-0.2, 0) is 14.3 Å². The van der Waals surface area contributed by atoms with E-state index in [0.29, 0.717) is 0 Å². The fourth-order valence-corrected chi connectivity index (χ4v) is 2.77. The summed E-state index contributed by atoms with van der Waals surface area (Å²) in [5.74, 6) is -0.0205. The van der Waals surface area contributed by atoms with Crippen molar-refractivity contribution in [3.63, 3.8) is 0 Å². The number of hydrogen-bond donors (Lipinski definition) is 0. The lowest BCUT2D eigenvalue weighted by Gasteiger charge is -2.39. The third-order valence-electron chi connectivity index (χ3n) is 3.65. The predicted octanol–water partition coefficient (Wildman–Crippen LogP) is 1.75. The van der Waals surface area contributed by atoms with E-state index in [4.69, 9.17) is 9.47 Å². The zero-order chi connectivity index (χ0) is 10.4. The molecule has 80 valence electrons. The normalized spacial score (nSPS) is 39.5. The van der Waals surface area contributed by atoms with E-state index in [1.54, 1.807) is 0 Å². The molecular formula is C11H18O3. The van der Waals surface area contributed by atoms with E-state index in [9.17, 15) is 4.79 Å². The van der Waals surface area contributed by atoms with Gasteiger partial charge in [0, 0.05) is 0 Å². The fraction of sp³-hybridized carbons (Fsp3) is 0.909. The Labute approximate surface area is 84.8 Å². The minimum atomic E-state index is -0.0644. The van der Waals surface area contributed by atoms with Crippen molar-refractivity contribution in [2.75, 3.05) is 13.7 Å². The molecular weight excluding hydrogens is 180 g/mol. The van der Waals surface area contributed by atoms with Crippen molar-refractivity contribution < 1.29 is 14.3 Å². The van der Waals surface area contributed by atoms with Gasteiger partial charge >= 0.3 is 5.97 Å². The number of hydrogen-bond acceptors (Lipinski definition) is 3. The second-order valence-corrected chi connectivity index (χ2v) is 5.25. The van der Waals surface area contributed by atoms with Crippen LogP contribution < -0.4 is 0 Å². The molecule has 2 aliphatic rings. The SMILES string of the molecule is COC(=O)[C@H]1CC[C@]2(CO2)CC1(C)C. The molecule has 1 spiro atoms. The minimum absolute atomic E-state index is 0.0157. The van der Waals surface area contributed by atoms with Crippen molar-refractivity contribution in [3.8, 4) is 0 Å². The Balaban J connectivity index is 2.09. The van der Waals surface area contributed by atoms with Crippen molar-refractivity contribution in [2.45, 2.75) is 38.7 Å². The third-order valence-corrected chi connectivity index (χ3v) is 3.65. The van der Waals surface area contributed by atoms with E-state index < -0.39 is 0 Å². The van der Waals surface area contributed by atoms with E-state index in [2.05, 4.69) is 13.8 Å². The summed E-state index contributed by atoms with van der Waals surface area (Å²) in [7, 11) is 1.47. The molecule has 1 saturated carbocycles. The number of carbonyl (C=O) groups is 1. The molecule has 0 aromatic rings. The summed E-state index contributed by atoms with van der Waals surface area (Å²) < 4.78 is 10.3. The predicted molar refractivity (Wildman–Crippen MR) is 51.8 cm³/mol. The molecule has 0 amide bonds. The van der Waals surface area contributed by atoms with Crippen LogP contribution >= 0.6 is 0 Å². The zero-order valence-electron chi connectivity index (χ0n) is 9.13. The van der Waals surface area contributed by atoms with Crippen molar-refractivity contribution >= 4 is 5.97 Å². The monoisotopic (exact) mass is 198 g/mol. The minimum Gasteiger partial charge on any atom is -0.469 e. The first-order valence-electron chi connectivity index (χ1n) is 5.21. The molecule has 0 bridgehead atoms. The molecule has 0 N–H and O–H groups in total. The molecule has 3 nitrogen and oxygen atoms in total. The van der Waals surface area contributed by atoms with E-state index in [0.717, 1.165) is 25.9 Å². The number of rotatable bonds is 1. The van der Waals surface area contributed by atoms with Crippen molar-refractivity contribution in [2.24, 2.45) is 11.3 Å². The number of carbonyl (C=O) groups excluding carboxylic acids is 1. The lowest BCUT2D eigenvalue weighted by atomic mass is 9.65. The lowest BCUT2D eigenvalue weighted by Crippen LogP contribution is -2.41. The summed E-state index contributed by atoms with van der Waals surface area (Å²) in [4.78, 5) is 11.6. The Morgan fingerprint density at radius 3 is 2.57 bits per heavy atom.